The summed E-state index contributed by atoms with van der Waals surface area (Å²) >= 11 is 0. The van der Waals surface area contributed by atoms with Crippen molar-refractivity contribution in [2.45, 2.75) is 52.4 Å². The van der Waals surface area contributed by atoms with E-state index in [0.29, 0.717) is 0 Å². The Morgan fingerprint density at radius 3 is 2.21 bits per heavy atom. The van der Waals surface area contributed by atoms with Gasteiger partial charge < -0.3 is 4.57 Å². The van der Waals surface area contributed by atoms with E-state index in [1.807, 2.05) is 6.20 Å². The molecule has 0 N–H and O–H groups in total. The molecule has 0 fully saturated rings. The molecule has 0 radical (unpaired) electrons. The van der Waals surface area contributed by atoms with E-state index in [1.54, 1.807) is 0 Å². The zero-order valence-electron chi connectivity index (χ0n) is 25.0. The number of benzene rings is 4. The van der Waals surface area contributed by atoms with Crippen LogP contribution >= 0.6 is 0 Å². The van der Waals surface area contributed by atoms with E-state index in [1.165, 1.54) is 71.3 Å². The summed E-state index contributed by atoms with van der Waals surface area (Å²) in [6, 6.07) is 29.4. The number of hydrogen-bond donors (Lipinski definition) is 0. The molecule has 4 heteroatoms. The van der Waals surface area contributed by atoms with Gasteiger partial charge in [0.25, 0.3) is 0 Å². The van der Waals surface area contributed by atoms with Crippen LogP contribution in [0.1, 0.15) is 52.7 Å². The minimum atomic E-state index is -0.0640. The van der Waals surface area contributed by atoms with Gasteiger partial charge in [0, 0.05) is 33.4 Å². The normalized spacial score (nSPS) is 13.9. The van der Waals surface area contributed by atoms with E-state index in [0.717, 1.165) is 16.7 Å². The number of fused-ring (bicyclic) bond motifs is 11. The molecule has 42 heavy (non-hydrogen) atoms. The minimum Gasteiger partial charge on any atom is -0.310 e. The molecule has 4 aromatic carbocycles. The fourth-order valence-electron chi connectivity index (χ4n) is 7.96. The van der Waals surface area contributed by atoms with Crippen LogP contribution in [0.25, 0.3) is 60.6 Å². The maximum Gasteiger partial charge on any atom is 0.248 e. The third kappa shape index (κ3) is 2.88. The summed E-state index contributed by atoms with van der Waals surface area (Å²) in [5, 5.41) is 5.06. The first-order chi connectivity index (χ1) is 20.1. The molecule has 7 aromatic rings. The maximum atomic E-state index is 5.65. The van der Waals surface area contributed by atoms with Crippen molar-refractivity contribution in [1.29, 1.82) is 0 Å². The zero-order chi connectivity index (χ0) is 28.7. The second-order valence-corrected chi connectivity index (χ2v) is 14.2. The number of pyridine rings is 2. The van der Waals surface area contributed by atoms with Gasteiger partial charge in [-0.2, -0.15) is 0 Å². The molecule has 3 nitrogen and oxygen atoms in total. The second-order valence-electron chi connectivity index (χ2n) is 14.2. The van der Waals surface area contributed by atoms with Crippen molar-refractivity contribution in [3.8, 4) is 16.9 Å². The lowest BCUT2D eigenvalue weighted by molar-refractivity contribution is 0.591. The van der Waals surface area contributed by atoms with Crippen LogP contribution in [0.2, 0.25) is 0 Å². The van der Waals surface area contributed by atoms with E-state index >= 15 is 0 Å². The average molecular weight is 542 g/mol. The van der Waals surface area contributed by atoms with Gasteiger partial charge in [0.1, 0.15) is 0 Å². The lowest BCUT2D eigenvalue weighted by Gasteiger charge is -2.36. The Hall–Kier alpha value is -4.44. The van der Waals surface area contributed by atoms with E-state index in [-0.39, 0.29) is 17.5 Å². The summed E-state index contributed by atoms with van der Waals surface area (Å²) in [7, 11) is 0. The number of rotatable bonds is 0. The smallest absolute Gasteiger partial charge is 0.248 e. The monoisotopic (exact) mass is 541 g/mol. The molecule has 2 aliphatic rings. The van der Waals surface area contributed by atoms with Crippen LogP contribution in [0.3, 0.4) is 0 Å². The van der Waals surface area contributed by atoms with Gasteiger partial charge in [-0.25, -0.2) is 4.98 Å². The van der Waals surface area contributed by atoms with Gasteiger partial charge in [-0.15, -0.1) is 0 Å². The molecule has 0 atom stereocenters. The van der Waals surface area contributed by atoms with Gasteiger partial charge in [0.2, 0.25) is 6.71 Å². The minimum absolute atomic E-state index is 0.0409. The quantitative estimate of drug-likeness (QED) is 0.149. The van der Waals surface area contributed by atoms with Crippen LogP contribution in [-0.4, -0.2) is 21.2 Å². The number of nitrogens with zero attached hydrogens (tertiary/aromatic N) is 3. The topological polar surface area (TPSA) is 30.7 Å². The molecule has 0 unspecified atom stereocenters. The van der Waals surface area contributed by atoms with Gasteiger partial charge in [-0.3, -0.25) is 4.98 Å². The highest BCUT2D eigenvalue weighted by atomic mass is 15.0. The van der Waals surface area contributed by atoms with Gasteiger partial charge in [0.05, 0.1) is 27.8 Å². The molecular weight excluding hydrogens is 509 g/mol. The van der Waals surface area contributed by atoms with Crippen LogP contribution in [0.5, 0.6) is 0 Å². The van der Waals surface area contributed by atoms with E-state index in [9.17, 15) is 0 Å². The molecular formula is C38H32BN3. The van der Waals surface area contributed by atoms with E-state index in [4.69, 9.17) is 9.97 Å². The van der Waals surface area contributed by atoms with Crippen molar-refractivity contribution in [1.82, 2.24) is 14.5 Å². The largest absolute Gasteiger partial charge is 0.310 e. The SMILES string of the molecule is CC(C)(C)c1cccc2c1-c1nc3c(C(C)(C)C)ccnc3c3cc4c5ccccc5n5c4c(c13)B2c1ccccc1-5. The van der Waals surface area contributed by atoms with Crippen molar-refractivity contribution in [2.75, 3.05) is 0 Å². The molecule has 0 saturated heterocycles. The first-order valence-corrected chi connectivity index (χ1v) is 15.1. The first kappa shape index (κ1) is 24.2. The van der Waals surface area contributed by atoms with Crippen LogP contribution < -0.4 is 16.4 Å². The lowest BCUT2D eigenvalue weighted by Crippen LogP contribution is -2.58. The van der Waals surface area contributed by atoms with Gasteiger partial charge in [-0.1, -0.05) is 102 Å². The fourth-order valence-corrected chi connectivity index (χ4v) is 7.96. The zero-order valence-corrected chi connectivity index (χ0v) is 25.0. The first-order valence-electron chi connectivity index (χ1n) is 15.1. The molecule has 2 aliphatic heterocycles. The van der Waals surface area contributed by atoms with Crippen molar-refractivity contribution in [3.05, 3.63) is 96.2 Å². The van der Waals surface area contributed by atoms with Crippen molar-refractivity contribution in [2.24, 2.45) is 0 Å². The van der Waals surface area contributed by atoms with Crippen molar-refractivity contribution < 1.29 is 0 Å². The van der Waals surface area contributed by atoms with Crippen LogP contribution in [0, 0.1) is 0 Å². The number of para-hydroxylation sites is 2. The van der Waals surface area contributed by atoms with Gasteiger partial charge in [-0.05, 0) is 62.7 Å². The highest BCUT2D eigenvalue weighted by molar-refractivity contribution is 7.01. The molecule has 0 saturated carbocycles. The molecule has 0 amide bonds. The third-order valence-corrected chi connectivity index (χ3v) is 9.67. The van der Waals surface area contributed by atoms with Crippen molar-refractivity contribution >= 4 is 66.7 Å². The molecule has 5 heterocycles. The molecule has 3 aromatic heterocycles. The Balaban J connectivity index is 1.63. The standard InChI is InChI=1S/C38H32BN3/c1-37(2,3)24-13-11-15-27-31(24)35-30-23(33-34(41-35)25(18-19-40-33)38(4,5)6)20-22-21-12-7-9-16-28(21)42-29-17-10-8-14-26(29)39(27)32(30)36(22)42/h7-20H,1-6H3. The summed E-state index contributed by atoms with van der Waals surface area (Å²) in [5.74, 6) is 0. The Morgan fingerprint density at radius 1 is 0.667 bits per heavy atom. The summed E-state index contributed by atoms with van der Waals surface area (Å²) in [6.45, 7) is 13.9. The highest BCUT2D eigenvalue weighted by Gasteiger charge is 2.42. The van der Waals surface area contributed by atoms with Crippen LogP contribution in [-0.2, 0) is 10.8 Å². The lowest BCUT2D eigenvalue weighted by atomic mass is 9.32. The van der Waals surface area contributed by atoms with Crippen molar-refractivity contribution in [3.63, 3.8) is 0 Å². The average Bonchev–Trinajstić information content (AvgIpc) is 3.30. The maximum absolute atomic E-state index is 5.65. The van der Waals surface area contributed by atoms with E-state index < -0.39 is 0 Å². The number of aromatic nitrogens is 3. The summed E-state index contributed by atoms with van der Waals surface area (Å²) in [5.41, 5.74) is 14.9. The molecule has 202 valence electrons. The van der Waals surface area contributed by atoms with Crippen LogP contribution in [0.4, 0.5) is 0 Å². The predicted octanol–water partition coefficient (Wildman–Crippen LogP) is 7.29. The third-order valence-electron chi connectivity index (χ3n) is 9.67. The highest BCUT2D eigenvalue weighted by Crippen LogP contribution is 2.44. The molecule has 0 spiro atoms. The Kier molecular flexibility index (Phi) is 4.43. The second kappa shape index (κ2) is 7.69. The molecule has 9 rings (SSSR count). The van der Waals surface area contributed by atoms with Gasteiger partial charge in [0.15, 0.2) is 0 Å². The Labute approximate surface area is 246 Å². The Bertz CT molecular complexity index is 2330. The Morgan fingerprint density at radius 2 is 1.40 bits per heavy atom. The molecule has 0 aliphatic carbocycles. The summed E-state index contributed by atoms with van der Waals surface area (Å²) < 4.78 is 2.51. The summed E-state index contributed by atoms with van der Waals surface area (Å²) in [6.07, 6.45) is 1.98. The molecule has 0 bridgehead atoms. The predicted molar refractivity (Wildman–Crippen MR) is 179 cm³/mol. The summed E-state index contributed by atoms with van der Waals surface area (Å²) in [4.78, 5) is 10.7. The van der Waals surface area contributed by atoms with E-state index in [2.05, 4.69) is 125 Å². The van der Waals surface area contributed by atoms with Gasteiger partial charge >= 0.3 is 0 Å². The van der Waals surface area contributed by atoms with Crippen LogP contribution in [0.15, 0.2) is 85.1 Å². The fraction of sp³-hybridized carbons (Fsp3) is 0.211. The number of hydrogen-bond acceptors (Lipinski definition) is 2.